The van der Waals surface area contributed by atoms with Crippen molar-refractivity contribution in [2.75, 3.05) is 11.5 Å². The van der Waals surface area contributed by atoms with Gasteiger partial charge in [0, 0.05) is 9.99 Å². The zero-order valence-electron chi connectivity index (χ0n) is 8.78. The monoisotopic (exact) mass is 318 g/mol. The molecule has 15 heavy (non-hydrogen) atoms. The molecule has 0 radical (unpaired) electrons. The van der Waals surface area contributed by atoms with Gasteiger partial charge in [-0.15, -0.1) is 0 Å². The molecule has 0 bridgehead atoms. The van der Waals surface area contributed by atoms with Crippen LogP contribution in [0.25, 0.3) is 0 Å². The van der Waals surface area contributed by atoms with Crippen molar-refractivity contribution in [3.05, 3.63) is 29.8 Å². The number of benzene rings is 1. The van der Waals surface area contributed by atoms with Crippen LogP contribution in [0, 0.1) is 0 Å². The highest BCUT2D eigenvalue weighted by Crippen LogP contribution is 2.37. The maximum Gasteiger partial charge on any atom is 0.124 e. The topological polar surface area (TPSA) is 18.5 Å². The second-order valence-electron chi connectivity index (χ2n) is 3.72. The minimum absolute atomic E-state index is 0.223. The van der Waals surface area contributed by atoms with Crippen LogP contribution < -0.4 is 4.74 Å². The fourth-order valence-corrected chi connectivity index (χ4v) is 2.63. The Bertz CT molecular complexity index is 327. The van der Waals surface area contributed by atoms with E-state index in [1.165, 1.54) is 5.56 Å². The molecule has 1 saturated heterocycles. The minimum atomic E-state index is 0.223. The summed E-state index contributed by atoms with van der Waals surface area (Å²) in [5.41, 5.74) is 1.19. The minimum Gasteiger partial charge on any atom is -0.496 e. The highest BCUT2D eigenvalue weighted by molar-refractivity contribution is 14.1. The van der Waals surface area contributed by atoms with E-state index in [0.29, 0.717) is 6.10 Å². The zero-order valence-corrected chi connectivity index (χ0v) is 10.9. The molecule has 2 atom stereocenters. The number of methoxy groups -OCH3 is 1. The molecule has 1 aliphatic rings. The molecular formula is C12H15IO2. The van der Waals surface area contributed by atoms with Crippen LogP contribution in [0.1, 0.15) is 24.5 Å². The van der Waals surface area contributed by atoms with Crippen LogP contribution in [0.4, 0.5) is 0 Å². The first-order valence-corrected chi connectivity index (χ1v) is 6.72. The molecule has 82 valence electrons. The fraction of sp³-hybridized carbons (Fsp3) is 0.500. The van der Waals surface area contributed by atoms with Crippen LogP contribution in [0.15, 0.2) is 24.3 Å². The lowest BCUT2D eigenvalue weighted by Crippen LogP contribution is -2.07. The molecule has 2 rings (SSSR count). The lowest BCUT2D eigenvalue weighted by molar-refractivity contribution is 0.0582. The van der Waals surface area contributed by atoms with E-state index in [9.17, 15) is 0 Å². The van der Waals surface area contributed by atoms with E-state index in [0.717, 1.165) is 23.0 Å². The molecule has 0 aromatic heterocycles. The standard InChI is InChI=1S/C12H15IO2/c1-14-11-5-3-2-4-10(11)12-7-6-9(8-13)15-12/h2-5,9,12H,6-8H2,1H3. The predicted molar refractivity (Wildman–Crippen MR) is 68.7 cm³/mol. The molecular weight excluding hydrogens is 303 g/mol. The Morgan fingerprint density at radius 3 is 2.87 bits per heavy atom. The molecule has 3 heteroatoms. The van der Waals surface area contributed by atoms with Gasteiger partial charge in [0.2, 0.25) is 0 Å². The summed E-state index contributed by atoms with van der Waals surface area (Å²) >= 11 is 2.38. The molecule has 1 heterocycles. The Labute approximate surface area is 104 Å². The van der Waals surface area contributed by atoms with Crippen molar-refractivity contribution >= 4 is 22.6 Å². The summed E-state index contributed by atoms with van der Waals surface area (Å²) in [5.74, 6) is 0.941. The third-order valence-corrected chi connectivity index (χ3v) is 3.75. The van der Waals surface area contributed by atoms with E-state index in [-0.39, 0.29) is 6.10 Å². The van der Waals surface area contributed by atoms with Crippen LogP contribution in [0.3, 0.4) is 0 Å². The van der Waals surface area contributed by atoms with Crippen molar-refractivity contribution < 1.29 is 9.47 Å². The van der Waals surface area contributed by atoms with Crippen molar-refractivity contribution in [3.8, 4) is 5.75 Å². The Hall–Kier alpha value is -0.290. The number of hydrogen-bond donors (Lipinski definition) is 0. The van der Waals surface area contributed by atoms with Crippen molar-refractivity contribution in [2.45, 2.75) is 25.0 Å². The summed E-state index contributed by atoms with van der Waals surface area (Å²) in [5, 5.41) is 0. The van der Waals surface area contributed by atoms with Crippen molar-refractivity contribution in [1.82, 2.24) is 0 Å². The number of alkyl halides is 1. The number of ether oxygens (including phenoxy) is 2. The molecule has 0 saturated carbocycles. The van der Waals surface area contributed by atoms with Gasteiger partial charge in [0.05, 0.1) is 19.3 Å². The summed E-state index contributed by atoms with van der Waals surface area (Å²) in [6.07, 6.45) is 2.90. The van der Waals surface area contributed by atoms with Crippen LogP contribution in [-0.4, -0.2) is 17.6 Å². The largest absolute Gasteiger partial charge is 0.496 e. The Morgan fingerprint density at radius 1 is 1.40 bits per heavy atom. The van der Waals surface area contributed by atoms with Gasteiger partial charge >= 0.3 is 0 Å². The van der Waals surface area contributed by atoms with E-state index < -0.39 is 0 Å². The van der Waals surface area contributed by atoms with Gasteiger partial charge in [-0.05, 0) is 18.9 Å². The molecule has 0 spiro atoms. The van der Waals surface area contributed by atoms with Crippen LogP contribution >= 0.6 is 22.6 Å². The van der Waals surface area contributed by atoms with Crippen LogP contribution in [0.2, 0.25) is 0 Å². The average molecular weight is 318 g/mol. The van der Waals surface area contributed by atoms with Gasteiger partial charge in [-0.3, -0.25) is 0 Å². The van der Waals surface area contributed by atoms with Crippen molar-refractivity contribution in [3.63, 3.8) is 0 Å². The summed E-state index contributed by atoms with van der Waals surface area (Å²) in [7, 11) is 1.71. The van der Waals surface area contributed by atoms with Gasteiger partial charge in [-0.1, -0.05) is 40.8 Å². The first-order valence-electron chi connectivity index (χ1n) is 5.19. The summed E-state index contributed by atoms with van der Waals surface area (Å²) < 4.78 is 12.4. The highest BCUT2D eigenvalue weighted by Gasteiger charge is 2.27. The van der Waals surface area contributed by atoms with Gasteiger partial charge in [-0.25, -0.2) is 0 Å². The van der Waals surface area contributed by atoms with Gasteiger partial charge in [0.1, 0.15) is 5.75 Å². The van der Waals surface area contributed by atoms with E-state index in [2.05, 4.69) is 28.7 Å². The van der Waals surface area contributed by atoms with E-state index in [4.69, 9.17) is 9.47 Å². The van der Waals surface area contributed by atoms with Gasteiger partial charge in [0.15, 0.2) is 0 Å². The molecule has 2 nitrogen and oxygen atoms in total. The molecule has 0 N–H and O–H groups in total. The van der Waals surface area contributed by atoms with Crippen molar-refractivity contribution in [2.24, 2.45) is 0 Å². The SMILES string of the molecule is COc1ccccc1C1CCC(CI)O1. The number of hydrogen-bond acceptors (Lipinski definition) is 2. The first-order chi connectivity index (χ1) is 7.35. The van der Waals surface area contributed by atoms with E-state index in [1.54, 1.807) is 7.11 Å². The highest BCUT2D eigenvalue weighted by atomic mass is 127. The number of para-hydroxylation sites is 1. The average Bonchev–Trinajstić information content (AvgIpc) is 2.77. The lowest BCUT2D eigenvalue weighted by Gasteiger charge is -2.15. The summed E-state index contributed by atoms with van der Waals surface area (Å²) in [6, 6.07) is 8.13. The first kappa shape index (κ1) is 11.2. The molecule has 0 aliphatic carbocycles. The molecule has 1 aromatic rings. The Kier molecular flexibility index (Phi) is 3.86. The smallest absolute Gasteiger partial charge is 0.124 e. The maximum atomic E-state index is 5.95. The number of rotatable bonds is 3. The number of halogens is 1. The quantitative estimate of drug-likeness (QED) is 0.628. The summed E-state index contributed by atoms with van der Waals surface area (Å²) in [4.78, 5) is 0. The van der Waals surface area contributed by atoms with Gasteiger partial charge in [0.25, 0.3) is 0 Å². The van der Waals surface area contributed by atoms with Crippen molar-refractivity contribution in [1.29, 1.82) is 0 Å². The second-order valence-corrected chi connectivity index (χ2v) is 4.60. The lowest BCUT2D eigenvalue weighted by atomic mass is 10.1. The van der Waals surface area contributed by atoms with Crippen LogP contribution in [0.5, 0.6) is 5.75 Å². The molecule has 2 unspecified atom stereocenters. The Balaban J connectivity index is 2.16. The van der Waals surface area contributed by atoms with Gasteiger partial charge in [-0.2, -0.15) is 0 Å². The van der Waals surface area contributed by atoms with E-state index in [1.807, 2.05) is 18.2 Å². The molecule has 1 fully saturated rings. The molecule has 0 amide bonds. The predicted octanol–water partition coefficient (Wildman–Crippen LogP) is 3.35. The van der Waals surface area contributed by atoms with E-state index >= 15 is 0 Å². The van der Waals surface area contributed by atoms with Gasteiger partial charge < -0.3 is 9.47 Å². The van der Waals surface area contributed by atoms with Crippen LogP contribution in [-0.2, 0) is 4.74 Å². The third kappa shape index (κ3) is 2.45. The molecule has 1 aromatic carbocycles. The maximum absolute atomic E-state index is 5.95. The Morgan fingerprint density at radius 2 is 2.20 bits per heavy atom. The second kappa shape index (κ2) is 5.16. The fourth-order valence-electron chi connectivity index (χ4n) is 1.98. The summed E-state index contributed by atoms with van der Waals surface area (Å²) in [6.45, 7) is 0. The third-order valence-electron chi connectivity index (χ3n) is 2.77. The normalized spacial score (nSPS) is 25.5. The zero-order chi connectivity index (χ0) is 10.7. The molecule has 1 aliphatic heterocycles.